The van der Waals surface area contributed by atoms with Gasteiger partial charge in [0.05, 0.1) is 71.9 Å². The molecular formula is C116H84N8O4. The number of rotatable bonds is 4. The van der Waals surface area contributed by atoms with E-state index in [9.17, 15) is 0 Å². The molecule has 18 aromatic carbocycles. The summed E-state index contributed by atoms with van der Waals surface area (Å²) in [6.45, 7) is 12.7. The Balaban J connectivity index is 0.0000000897. The first-order chi connectivity index (χ1) is 62.9. The topological polar surface area (TPSA) is 107 Å². The predicted octanol–water partition coefficient (Wildman–Crippen LogP) is 31.3. The van der Waals surface area contributed by atoms with Gasteiger partial charge in [-0.2, -0.15) is 0 Å². The first-order valence-electron chi connectivity index (χ1n) is 43.4. The molecule has 10 aromatic heterocycles. The number of fused-ring (bicyclic) bond motifs is 28. The van der Waals surface area contributed by atoms with E-state index in [0.29, 0.717) is 0 Å². The van der Waals surface area contributed by atoms with Crippen molar-refractivity contribution in [2.75, 3.05) is 0 Å². The number of aryl methyl sites for hydroxylation is 6. The Kier molecular flexibility index (Phi) is 18.6. The van der Waals surface area contributed by atoms with E-state index < -0.39 is 0 Å². The fourth-order valence-electron chi connectivity index (χ4n) is 18.9. The van der Waals surface area contributed by atoms with Crippen LogP contribution < -0.4 is 0 Å². The molecule has 0 aliphatic heterocycles. The van der Waals surface area contributed by atoms with Crippen molar-refractivity contribution in [3.05, 3.63) is 434 Å². The maximum absolute atomic E-state index is 6.07. The SMILES string of the molecule is Cc1ccc2oc3ccc(-n4c5ccccc5c5ccccc54)cc3c2c1.Cc1ccc2oc3ccc(-n4c5ccccc5n5c6ccccc6nc45)cc3c2c1.Cc1ccc2oc3ccccc3c2c1.Cc1cccc(-n2c3ccccc3c3ccccc32)c1.Cc1cccc(-n2c3ccccc3n3c4ccccc4nc23)c1.Cc1cccc2c1oc1ccccc12. The Bertz CT molecular complexity index is 9100. The second-order valence-electron chi connectivity index (χ2n) is 33.2. The minimum atomic E-state index is 0.903. The van der Waals surface area contributed by atoms with Crippen molar-refractivity contribution in [1.82, 2.24) is 37.0 Å². The minimum absolute atomic E-state index is 0.903. The van der Waals surface area contributed by atoms with E-state index in [0.717, 1.165) is 123 Å². The van der Waals surface area contributed by atoms with Crippen LogP contribution in [0.1, 0.15) is 33.4 Å². The number of para-hydroxylation sites is 15. The molecule has 0 saturated carbocycles. The molecular weight excluding hydrogens is 1570 g/mol. The molecule has 0 amide bonds. The van der Waals surface area contributed by atoms with Gasteiger partial charge in [-0.3, -0.25) is 17.9 Å². The smallest absolute Gasteiger partial charge is 0.220 e. The van der Waals surface area contributed by atoms with E-state index in [1.807, 2.05) is 54.6 Å². The van der Waals surface area contributed by atoms with Crippen LogP contribution in [-0.2, 0) is 0 Å². The van der Waals surface area contributed by atoms with Crippen molar-refractivity contribution >= 4 is 187 Å². The van der Waals surface area contributed by atoms with Crippen molar-refractivity contribution in [3.63, 3.8) is 0 Å². The van der Waals surface area contributed by atoms with Crippen LogP contribution in [-0.4, -0.2) is 37.0 Å². The van der Waals surface area contributed by atoms with Gasteiger partial charge in [0.1, 0.15) is 44.7 Å². The van der Waals surface area contributed by atoms with Crippen LogP contribution >= 0.6 is 0 Å². The number of hydrogen-bond acceptors (Lipinski definition) is 6. The molecule has 10 heterocycles. The second-order valence-corrected chi connectivity index (χ2v) is 33.2. The molecule has 0 atom stereocenters. The van der Waals surface area contributed by atoms with Crippen LogP contribution in [0.3, 0.4) is 0 Å². The molecule has 128 heavy (non-hydrogen) atoms. The van der Waals surface area contributed by atoms with Gasteiger partial charge < -0.3 is 26.8 Å². The molecule has 0 bridgehead atoms. The number of hydrogen-bond donors (Lipinski definition) is 0. The standard InChI is InChI=1S/C26H17N3O.C25H17NO.C20H15N3.C19H15N.2C13H10O/c1-16-10-12-24-18(14-16)19-15-17(11-13-25(19)30-24)28-22-8-4-5-9-23(22)29-21-7-3-2-6-20(21)27-26(28)29;1-16-10-12-24-20(14-16)21-15-17(11-13-25(21)27-24)26-22-8-4-2-6-18(22)19-7-3-5-9-23(19)26;1-14-7-6-8-15(13-14)22-18-11-4-5-12-19(18)23-17-10-3-2-9-16(17)21-20(22)23;1-14-7-6-8-15(13-14)20-18-11-4-2-9-16(18)17-10-3-5-12-19(17)20;1-9-5-4-7-11-10-6-2-3-8-12(10)14-13(9)11;1-9-6-7-13-11(8-9)10-4-2-3-5-12(10)14-13/h2-15H,1H3;2-15H,1H3;2-13H,1H3;2-13H,1H3;2*2-8H,1H3. The van der Waals surface area contributed by atoms with Crippen molar-refractivity contribution in [1.29, 1.82) is 0 Å². The maximum Gasteiger partial charge on any atom is 0.220 e. The molecule has 12 heteroatoms. The highest BCUT2D eigenvalue weighted by Crippen LogP contribution is 2.41. The summed E-state index contributed by atoms with van der Waals surface area (Å²) < 4.78 is 37.3. The summed E-state index contributed by atoms with van der Waals surface area (Å²) in [5.41, 5.74) is 33.6. The van der Waals surface area contributed by atoms with Gasteiger partial charge >= 0.3 is 0 Å². The van der Waals surface area contributed by atoms with Gasteiger partial charge in [-0.05, 0) is 240 Å². The Morgan fingerprint density at radius 3 is 0.883 bits per heavy atom. The third-order valence-electron chi connectivity index (χ3n) is 24.8. The van der Waals surface area contributed by atoms with E-state index >= 15 is 0 Å². The van der Waals surface area contributed by atoms with Crippen LogP contribution in [0.25, 0.3) is 210 Å². The monoisotopic (exact) mass is 1650 g/mol. The molecule has 28 aromatic rings. The average molecular weight is 1650 g/mol. The molecule has 28 rings (SSSR count). The predicted molar refractivity (Wildman–Crippen MR) is 531 cm³/mol. The lowest BCUT2D eigenvalue weighted by Gasteiger charge is -2.08. The summed E-state index contributed by atoms with van der Waals surface area (Å²) in [5.74, 6) is 1.87. The number of benzene rings is 18. The van der Waals surface area contributed by atoms with Crippen LogP contribution in [0.5, 0.6) is 0 Å². The minimum Gasteiger partial charge on any atom is -0.456 e. The van der Waals surface area contributed by atoms with Crippen LogP contribution in [0.2, 0.25) is 0 Å². The molecule has 0 unspecified atom stereocenters. The fraction of sp³-hybridized carbons (Fsp3) is 0.0517. The zero-order valence-electron chi connectivity index (χ0n) is 71.3. The third kappa shape index (κ3) is 13.1. The zero-order chi connectivity index (χ0) is 85.8. The highest BCUT2D eigenvalue weighted by Gasteiger charge is 2.22. The Morgan fingerprint density at radius 1 is 0.180 bits per heavy atom. The molecule has 0 N–H and O–H groups in total. The number of imidazole rings is 4. The highest BCUT2D eigenvalue weighted by atomic mass is 16.3. The van der Waals surface area contributed by atoms with Gasteiger partial charge in [-0.1, -0.05) is 235 Å². The Hall–Kier alpha value is -16.7. The summed E-state index contributed by atoms with van der Waals surface area (Å²) in [5, 5.41) is 14.6. The van der Waals surface area contributed by atoms with E-state index in [1.165, 1.54) is 121 Å². The molecule has 0 radical (unpaired) electrons. The normalized spacial score (nSPS) is 11.7. The van der Waals surface area contributed by atoms with E-state index in [4.69, 9.17) is 27.6 Å². The zero-order valence-corrected chi connectivity index (χ0v) is 71.3. The fourth-order valence-corrected chi connectivity index (χ4v) is 18.9. The van der Waals surface area contributed by atoms with E-state index in [-0.39, 0.29) is 0 Å². The van der Waals surface area contributed by atoms with Gasteiger partial charge in [0.25, 0.3) is 0 Å². The first kappa shape index (κ1) is 76.2. The summed E-state index contributed by atoms with van der Waals surface area (Å²) in [6.07, 6.45) is 0. The quantitative estimate of drug-likeness (QED) is 0.174. The molecule has 0 saturated heterocycles. The van der Waals surface area contributed by atoms with Crippen LogP contribution in [0.15, 0.2) is 418 Å². The molecule has 0 aliphatic carbocycles. The van der Waals surface area contributed by atoms with Gasteiger partial charge in [-0.25, -0.2) is 9.97 Å². The van der Waals surface area contributed by atoms with Crippen molar-refractivity contribution in [2.45, 2.75) is 41.5 Å². The Labute approximate surface area is 735 Å². The Morgan fingerprint density at radius 2 is 0.461 bits per heavy atom. The maximum atomic E-state index is 6.07. The van der Waals surface area contributed by atoms with Gasteiger partial charge in [0.2, 0.25) is 11.6 Å². The van der Waals surface area contributed by atoms with Crippen molar-refractivity contribution in [2.24, 2.45) is 0 Å². The molecule has 0 fully saturated rings. The first-order valence-corrected chi connectivity index (χ1v) is 43.4. The lowest BCUT2D eigenvalue weighted by atomic mass is 10.1. The highest BCUT2D eigenvalue weighted by molar-refractivity contribution is 6.13. The van der Waals surface area contributed by atoms with E-state index in [2.05, 4.69) is 414 Å². The van der Waals surface area contributed by atoms with Crippen molar-refractivity contribution < 1.29 is 17.7 Å². The molecule has 0 spiro atoms. The van der Waals surface area contributed by atoms with E-state index in [1.54, 1.807) is 0 Å². The lowest BCUT2D eigenvalue weighted by Crippen LogP contribution is -1.95. The van der Waals surface area contributed by atoms with Gasteiger partial charge in [-0.15, -0.1) is 0 Å². The van der Waals surface area contributed by atoms with Gasteiger partial charge in [0, 0.05) is 81.7 Å². The van der Waals surface area contributed by atoms with Crippen LogP contribution in [0.4, 0.5) is 0 Å². The number of nitrogens with zero attached hydrogens (tertiary/aromatic N) is 8. The summed E-state index contributed by atoms with van der Waals surface area (Å²) >= 11 is 0. The third-order valence-corrected chi connectivity index (χ3v) is 24.8. The van der Waals surface area contributed by atoms with Crippen molar-refractivity contribution in [3.8, 4) is 22.7 Å². The summed E-state index contributed by atoms with van der Waals surface area (Å²) in [6, 6.07) is 140. The van der Waals surface area contributed by atoms with Gasteiger partial charge in [0.15, 0.2) is 0 Å². The number of furan rings is 4. The lowest BCUT2D eigenvalue weighted by molar-refractivity contribution is 0.665. The largest absolute Gasteiger partial charge is 0.456 e. The second kappa shape index (κ2) is 31.3. The van der Waals surface area contributed by atoms with Crippen LogP contribution in [0, 0.1) is 41.5 Å². The summed E-state index contributed by atoms with van der Waals surface area (Å²) in [4.78, 5) is 9.86. The molecule has 0 aliphatic rings. The molecule has 12 nitrogen and oxygen atoms in total. The average Bonchev–Trinajstić information content (AvgIpc) is 1.56. The molecule has 612 valence electrons. The number of aromatic nitrogens is 8. The summed E-state index contributed by atoms with van der Waals surface area (Å²) in [7, 11) is 0.